The third-order valence-electron chi connectivity index (χ3n) is 12.9. The number of benzene rings is 6. The van der Waals surface area contributed by atoms with Crippen LogP contribution in [-0.2, 0) is 10.8 Å². The molecule has 1 fully saturated rings. The minimum atomic E-state index is -0.319. The summed E-state index contributed by atoms with van der Waals surface area (Å²) in [6.45, 7) is 5.13. The summed E-state index contributed by atoms with van der Waals surface area (Å²) in [4.78, 5) is 2.71. The van der Waals surface area contributed by atoms with Crippen molar-refractivity contribution in [1.82, 2.24) is 0 Å². The normalized spacial score (nSPS) is 22.6. The molecule has 0 bridgehead atoms. The van der Waals surface area contributed by atoms with Crippen LogP contribution in [0, 0.1) is 0 Å². The van der Waals surface area contributed by atoms with Crippen LogP contribution in [0.15, 0.2) is 140 Å². The van der Waals surface area contributed by atoms with Crippen molar-refractivity contribution in [3.63, 3.8) is 0 Å². The number of hydrogen-bond donors (Lipinski definition) is 0. The van der Waals surface area contributed by atoms with Gasteiger partial charge in [-0.05, 0) is 111 Å². The number of para-hydroxylation sites is 1. The first-order valence-corrected chi connectivity index (χ1v) is 18.0. The minimum Gasteiger partial charge on any atom is -0.334 e. The van der Waals surface area contributed by atoms with Crippen molar-refractivity contribution in [2.24, 2.45) is 0 Å². The smallest absolute Gasteiger partial charge is 0.0725 e. The highest BCUT2D eigenvalue weighted by molar-refractivity contribution is 5.96. The molecule has 0 saturated heterocycles. The predicted molar refractivity (Wildman–Crippen MR) is 200 cm³/mol. The molecule has 1 heteroatoms. The molecule has 0 aromatic heterocycles. The lowest BCUT2D eigenvalue weighted by molar-refractivity contribution is 0.218. The Morgan fingerprint density at radius 3 is 1.56 bits per heavy atom. The van der Waals surface area contributed by atoms with Gasteiger partial charge in [-0.1, -0.05) is 142 Å². The van der Waals surface area contributed by atoms with E-state index in [0.29, 0.717) is 0 Å². The van der Waals surface area contributed by atoms with E-state index in [1.165, 1.54) is 111 Å². The number of fused-ring (bicyclic) bond motifs is 13. The van der Waals surface area contributed by atoms with Crippen molar-refractivity contribution in [2.45, 2.75) is 68.7 Å². The molecular formula is C47H41N. The highest BCUT2D eigenvalue weighted by Crippen LogP contribution is 2.64. The van der Waals surface area contributed by atoms with Gasteiger partial charge in [0.15, 0.2) is 0 Å². The average Bonchev–Trinajstić information content (AvgIpc) is 3.66. The van der Waals surface area contributed by atoms with E-state index in [1.54, 1.807) is 0 Å². The Morgan fingerprint density at radius 1 is 0.438 bits per heavy atom. The molecule has 0 amide bonds. The molecular weight excluding hydrogens is 579 g/mol. The van der Waals surface area contributed by atoms with E-state index in [4.69, 9.17) is 0 Å². The van der Waals surface area contributed by atoms with Crippen LogP contribution in [0.5, 0.6) is 0 Å². The van der Waals surface area contributed by atoms with Gasteiger partial charge >= 0.3 is 0 Å². The highest BCUT2D eigenvalue weighted by atomic mass is 15.2. The van der Waals surface area contributed by atoms with Crippen LogP contribution >= 0.6 is 0 Å². The molecule has 0 N–H and O–H groups in total. The summed E-state index contributed by atoms with van der Waals surface area (Å²) >= 11 is 0. The Kier molecular flexibility index (Phi) is 5.90. The Balaban J connectivity index is 1.19. The second kappa shape index (κ2) is 10.1. The standard InChI is InChI=1S/C47H41N/c1-45-28-14-3-4-15-29-46(45,2)48(34-16-6-5-7-17-34)44-27-25-33(31-43(44)45)32-24-26-38-37-20-10-13-23-41(37)47(42(38)30-32)39-21-11-8-18-35(39)36-19-9-12-22-40(36)47/h5-13,16-27,30-31H,3-4,14-15,28-29H2,1-2H3. The molecule has 1 spiro atoms. The number of hydrogen-bond acceptors (Lipinski definition) is 1. The highest BCUT2D eigenvalue weighted by Gasteiger charge is 2.56. The summed E-state index contributed by atoms with van der Waals surface area (Å²) in [5.41, 5.74) is 17.7. The van der Waals surface area contributed by atoms with E-state index in [-0.39, 0.29) is 16.4 Å². The van der Waals surface area contributed by atoms with E-state index in [9.17, 15) is 0 Å². The van der Waals surface area contributed by atoms with E-state index in [0.717, 1.165) is 0 Å². The second-order valence-electron chi connectivity index (χ2n) is 15.1. The lowest BCUT2D eigenvalue weighted by Crippen LogP contribution is -2.53. The van der Waals surface area contributed by atoms with Gasteiger partial charge in [0.05, 0.1) is 11.0 Å². The number of rotatable bonds is 2. The molecule has 4 aliphatic rings. The Morgan fingerprint density at radius 2 is 0.938 bits per heavy atom. The third kappa shape index (κ3) is 3.47. The minimum absolute atomic E-state index is 0.0244. The zero-order chi connectivity index (χ0) is 32.1. The molecule has 2 unspecified atom stereocenters. The molecule has 10 rings (SSSR count). The Labute approximate surface area is 284 Å². The van der Waals surface area contributed by atoms with Crippen LogP contribution in [0.1, 0.15) is 80.2 Å². The van der Waals surface area contributed by atoms with Crippen molar-refractivity contribution in [3.05, 3.63) is 167 Å². The van der Waals surface area contributed by atoms with Gasteiger partial charge in [-0.2, -0.15) is 0 Å². The van der Waals surface area contributed by atoms with Gasteiger partial charge in [0.2, 0.25) is 0 Å². The van der Waals surface area contributed by atoms with Gasteiger partial charge in [0.1, 0.15) is 0 Å². The lowest BCUT2D eigenvalue weighted by Gasteiger charge is -2.48. The van der Waals surface area contributed by atoms with Gasteiger partial charge < -0.3 is 4.90 Å². The Bertz CT molecular complexity index is 2180. The molecule has 3 aliphatic carbocycles. The molecule has 2 atom stereocenters. The maximum absolute atomic E-state index is 2.71. The second-order valence-corrected chi connectivity index (χ2v) is 15.1. The summed E-state index contributed by atoms with van der Waals surface area (Å²) in [5, 5.41) is 0. The first kappa shape index (κ1) is 28.2. The van der Waals surface area contributed by atoms with Crippen LogP contribution in [-0.4, -0.2) is 5.54 Å². The van der Waals surface area contributed by atoms with Gasteiger partial charge in [-0.25, -0.2) is 0 Å². The quantitative estimate of drug-likeness (QED) is 0.186. The van der Waals surface area contributed by atoms with Gasteiger partial charge in [-0.3, -0.25) is 0 Å². The fourth-order valence-corrected chi connectivity index (χ4v) is 10.5. The monoisotopic (exact) mass is 619 g/mol. The van der Waals surface area contributed by atoms with Crippen LogP contribution in [0.25, 0.3) is 33.4 Å². The maximum atomic E-state index is 2.71. The molecule has 6 aromatic rings. The summed E-state index contributed by atoms with van der Waals surface area (Å²) in [7, 11) is 0. The molecule has 1 heterocycles. The van der Waals surface area contributed by atoms with Gasteiger partial charge in [-0.15, -0.1) is 0 Å². The molecule has 0 radical (unpaired) electrons. The van der Waals surface area contributed by atoms with Crippen LogP contribution in [0.2, 0.25) is 0 Å². The zero-order valence-corrected chi connectivity index (χ0v) is 28.0. The molecule has 1 nitrogen and oxygen atoms in total. The first-order chi connectivity index (χ1) is 23.6. The van der Waals surface area contributed by atoms with Crippen molar-refractivity contribution < 1.29 is 0 Å². The summed E-state index contributed by atoms with van der Waals surface area (Å²) in [6, 6.07) is 53.2. The molecule has 48 heavy (non-hydrogen) atoms. The molecule has 6 aromatic carbocycles. The average molecular weight is 620 g/mol. The first-order valence-electron chi connectivity index (χ1n) is 18.0. The van der Waals surface area contributed by atoms with E-state index >= 15 is 0 Å². The number of nitrogens with zero attached hydrogens (tertiary/aromatic N) is 1. The van der Waals surface area contributed by atoms with Crippen molar-refractivity contribution in [2.75, 3.05) is 4.90 Å². The molecule has 1 saturated carbocycles. The van der Waals surface area contributed by atoms with E-state index in [1.807, 2.05) is 0 Å². The van der Waals surface area contributed by atoms with Crippen LogP contribution in [0.4, 0.5) is 11.4 Å². The lowest BCUT2D eigenvalue weighted by atomic mass is 9.63. The fraction of sp³-hybridized carbons (Fsp3) is 0.234. The van der Waals surface area contributed by atoms with Crippen molar-refractivity contribution in [3.8, 4) is 33.4 Å². The summed E-state index contributed by atoms with van der Waals surface area (Å²) in [6.07, 6.45) is 7.67. The topological polar surface area (TPSA) is 3.24 Å². The van der Waals surface area contributed by atoms with Crippen molar-refractivity contribution in [1.29, 1.82) is 0 Å². The Hall–Kier alpha value is -4.88. The molecule has 1 aliphatic heterocycles. The summed E-state index contributed by atoms with van der Waals surface area (Å²) in [5.74, 6) is 0. The SMILES string of the molecule is CC12CCCCCCC1(C)N(c1ccccc1)c1ccc(-c3ccc4c(c3)C3(c5ccccc5-c5ccccc53)c3ccccc3-4)cc12. The largest absolute Gasteiger partial charge is 0.334 e. The molecule has 234 valence electrons. The van der Waals surface area contributed by atoms with Crippen LogP contribution in [0.3, 0.4) is 0 Å². The van der Waals surface area contributed by atoms with E-state index < -0.39 is 0 Å². The van der Waals surface area contributed by atoms with E-state index in [2.05, 4.69) is 158 Å². The number of anilines is 2. The van der Waals surface area contributed by atoms with Gasteiger partial charge in [0.25, 0.3) is 0 Å². The van der Waals surface area contributed by atoms with Crippen molar-refractivity contribution >= 4 is 11.4 Å². The van der Waals surface area contributed by atoms with Crippen LogP contribution < -0.4 is 4.90 Å². The predicted octanol–water partition coefficient (Wildman–Crippen LogP) is 12.2. The summed E-state index contributed by atoms with van der Waals surface area (Å²) < 4.78 is 0. The third-order valence-corrected chi connectivity index (χ3v) is 12.9. The fourth-order valence-electron chi connectivity index (χ4n) is 10.5. The zero-order valence-electron chi connectivity index (χ0n) is 28.0. The maximum Gasteiger partial charge on any atom is 0.0725 e. The van der Waals surface area contributed by atoms with Gasteiger partial charge in [0, 0.05) is 16.8 Å².